The van der Waals surface area contributed by atoms with Crippen LogP contribution in [0.3, 0.4) is 0 Å². The van der Waals surface area contributed by atoms with Gasteiger partial charge in [-0.05, 0) is 24.3 Å². The summed E-state index contributed by atoms with van der Waals surface area (Å²) in [6.07, 6.45) is 2.58. The number of nitrogens with zero attached hydrogens (tertiary/aromatic N) is 4. The molecule has 2 heterocycles. The molecule has 2 aromatic heterocycles. The Morgan fingerprint density at radius 3 is 2.12 bits per heavy atom. The van der Waals surface area contributed by atoms with E-state index in [4.69, 9.17) is 0 Å². The molecule has 0 fully saturated rings. The van der Waals surface area contributed by atoms with Gasteiger partial charge in [0, 0.05) is 5.56 Å². The average molecular weight is 358 g/mol. The summed E-state index contributed by atoms with van der Waals surface area (Å²) in [6.45, 7) is -0.338. The number of aromatic nitrogens is 4. The molecular formula is C18H10F4N4. The first-order valence-electron chi connectivity index (χ1n) is 7.60. The van der Waals surface area contributed by atoms with Crippen molar-refractivity contribution < 1.29 is 17.6 Å². The predicted octanol–water partition coefficient (Wildman–Crippen LogP) is 4.10. The molecule has 0 saturated heterocycles. The first kappa shape index (κ1) is 16.2. The quantitative estimate of drug-likeness (QED) is 0.518. The molecule has 4 nitrogen and oxygen atoms in total. The van der Waals surface area contributed by atoms with E-state index in [9.17, 15) is 17.6 Å². The van der Waals surface area contributed by atoms with Crippen molar-refractivity contribution in [2.45, 2.75) is 6.54 Å². The molecule has 0 atom stereocenters. The lowest BCUT2D eigenvalue weighted by Crippen LogP contribution is -2.08. The first-order chi connectivity index (χ1) is 12.6. The van der Waals surface area contributed by atoms with Crippen LogP contribution in [0.25, 0.3) is 22.6 Å². The van der Waals surface area contributed by atoms with Crippen LogP contribution in [0.2, 0.25) is 0 Å². The highest BCUT2D eigenvalue weighted by atomic mass is 19.1. The van der Waals surface area contributed by atoms with Gasteiger partial charge in [-0.2, -0.15) is 0 Å². The van der Waals surface area contributed by atoms with Gasteiger partial charge < -0.3 is 4.57 Å². The Balaban J connectivity index is 1.99. The third-order valence-corrected chi connectivity index (χ3v) is 3.97. The van der Waals surface area contributed by atoms with Gasteiger partial charge in [-0.3, -0.25) is 0 Å². The van der Waals surface area contributed by atoms with Crippen molar-refractivity contribution in [3.8, 4) is 11.4 Å². The van der Waals surface area contributed by atoms with Crippen LogP contribution in [0.1, 0.15) is 5.56 Å². The van der Waals surface area contributed by atoms with Gasteiger partial charge in [-0.15, -0.1) is 0 Å². The number of hydrogen-bond acceptors (Lipinski definition) is 3. The lowest BCUT2D eigenvalue weighted by molar-refractivity contribution is 0.545. The summed E-state index contributed by atoms with van der Waals surface area (Å²) in [4.78, 5) is 12.0. The maximum absolute atomic E-state index is 14.3. The van der Waals surface area contributed by atoms with Crippen LogP contribution in [-0.2, 0) is 6.54 Å². The van der Waals surface area contributed by atoms with Crippen molar-refractivity contribution in [2.24, 2.45) is 0 Å². The average Bonchev–Trinajstić information content (AvgIpc) is 2.96. The van der Waals surface area contributed by atoms with Gasteiger partial charge in [-0.1, -0.05) is 12.1 Å². The van der Waals surface area contributed by atoms with Gasteiger partial charge in [0.2, 0.25) is 0 Å². The molecule has 0 spiro atoms. The molecule has 0 N–H and O–H groups in total. The monoisotopic (exact) mass is 358 g/mol. The highest BCUT2D eigenvalue weighted by molar-refractivity contribution is 5.76. The number of fused-ring (bicyclic) bond motifs is 1. The van der Waals surface area contributed by atoms with Gasteiger partial charge in [0.1, 0.15) is 40.9 Å². The maximum Gasteiger partial charge on any atom is 0.163 e. The van der Waals surface area contributed by atoms with E-state index >= 15 is 0 Å². The molecule has 0 saturated carbocycles. The zero-order valence-corrected chi connectivity index (χ0v) is 13.1. The summed E-state index contributed by atoms with van der Waals surface area (Å²) >= 11 is 0. The summed E-state index contributed by atoms with van der Waals surface area (Å²) in [5, 5.41) is 0. The van der Waals surface area contributed by atoms with Gasteiger partial charge in [0.15, 0.2) is 5.65 Å². The zero-order valence-electron chi connectivity index (χ0n) is 13.1. The number of benzene rings is 2. The second-order valence-corrected chi connectivity index (χ2v) is 5.55. The molecule has 4 rings (SSSR count). The molecule has 0 aliphatic heterocycles. The van der Waals surface area contributed by atoms with E-state index in [1.165, 1.54) is 29.2 Å². The van der Waals surface area contributed by atoms with Crippen molar-refractivity contribution in [2.75, 3.05) is 0 Å². The van der Waals surface area contributed by atoms with Crippen molar-refractivity contribution in [3.63, 3.8) is 0 Å². The van der Waals surface area contributed by atoms with Crippen molar-refractivity contribution >= 4 is 11.2 Å². The fraction of sp³-hybridized carbons (Fsp3) is 0.0556. The van der Waals surface area contributed by atoms with Gasteiger partial charge in [-0.25, -0.2) is 32.5 Å². The number of hydrogen-bond donors (Lipinski definition) is 0. The molecule has 0 amide bonds. The summed E-state index contributed by atoms with van der Waals surface area (Å²) < 4.78 is 58.0. The third-order valence-electron chi connectivity index (χ3n) is 3.97. The summed E-state index contributed by atoms with van der Waals surface area (Å²) in [5.74, 6) is -3.37. The summed E-state index contributed by atoms with van der Waals surface area (Å²) in [6, 6.07) is 6.83. The van der Waals surface area contributed by atoms with Crippen molar-refractivity contribution in [3.05, 3.63) is 77.8 Å². The standard InChI is InChI=1S/C18H10F4N4/c19-11-3-1-4-12(20)10(11)8-26-17-15(7-23-9-24-17)25-18(26)16-13(21)5-2-6-14(16)22/h1-7,9H,8H2. The minimum Gasteiger partial charge on any atom is -0.304 e. The topological polar surface area (TPSA) is 43.6 Å². The van der Waals surface area contributed by atoms with Gasteiger partial charge in [0.05, 0.1) is 18.3 Å². The SMILES string of the molecule is Fc1cccc(F)c1Cn1c(-c2c(F)cccc2F)nc2cncnc21. The van der Waals surface area contributed by atoms with E-state index in [1.807, 2.05) is 0 Å². The lowest BCUT2D eigenvalue weighted by Gasteiger charge is -2.11. The minimum atomic E-state index is -0.844. The van der Waals surface area contributed by atoms with Gasteiger partial charge in [0.25, 0.3) is 0 Å². The molecule has 0 radical (unpaired) electrons. The van der Waals surface area contributed by atoms with Crippen LogP contribution >= 0.6 is 0 Å². The van der Waals surface area contributed by atoms with Crippen molar-refractivity contribution in [1.29, 1.82) is 0 Å². The molecule has 2 aromatic carbocycles. The van der Waals surface area contributed by atoms with E-state index in [0.717, 1.165) is 24.3 Å². The molecule has 4 aromatic rings. The highest BCUT2D eigenvalue weighted by Gasteiger charge is 2.22. The molecular weight excluding hydrogens is 348 g/mol. The third kappa shape index (κ3) is 2.59. The van der Waals surface area contributed by atoms with Crippen molar-refractivity contribution in [1.82, 2.24) is 19.5 Å². The van der Waals surface area contributed by atoms with E-state index in [-0.39, 0.29) is 29.1 Å². The van der Waals surface area contributed by atoms with Crippen LogP contribution in [0.15, 0.2) is 48.9 Å². The predicted molar refractivity (Wildman–Crippen MR) is 86.1 cm³/mol. The molecule has 26 heavy (non-hydrogen) atoms. The van der Waals surface area contributed by atoms with Crippen LogP contribution in [0, 0.1) is 23.3 Å². The number of rotatable bonds is 3. The van der Waals surface area contributed by atoms with E-state index < -0.39 is 28.8 Å². The fourth-order valence-corrected chi connectivity index (χ4v) is 2.77. The zero-order chi connectivity index (χ0) is 18.3. The molecule has 8 heteroatoms. The number of imidazole rings is 1. The fourth-order valence-electron chi connectivity index (χ4n) is 2.77. The highest BCUT2D eigenvalue weighted by Crippen LogP contribution is 2.29. The molecule has 0 aliphatic rings. The van der Waals surface area contributed by atoms with Crippen LogP contribution < -0.4 is 0 Å². The van der Waals surface area contributed by atoms with Crippen LogP contribution in [0.4, 0.5) is 17.6 Å². The Kier molecular flexibility index (Phi) is 3.87. The lowest BCUT2D eigenvalue weighted by atomic mass is 10.1. The Morgan fingerprint density at radius 2 is 1.46 bits per heavy atom. The first-order valence-corrected chi connectivity index (χ1v) is 7.60. The molecule has 130 valence electrons. The number of halogens is 4. The van der Waals surface area contributed by atoms with Crippen LogP contribution in [0.5, 0.6) is 0 Å². The Labute approximate surface area is 144 Å². The van der Waals surface area contributed by atoms with E-state index in [2.05, 4.69) is 15.0 Å². The Bertz CT molecular complexity index is 1080. The Morgan fingerprint density at radius 1 is 0.846 bits per heavy atom. The second-order valence-electron chi connectivity index (χ2n) is 5.55. The van der Waals surface area contributed by atoms with Crippen LogP contribution in [-0.4, -0.2) is 19.5 Å². The van der Waals surface area contributed by atoms with Gasteiger partial charge >= 0.3 is 0 Å². The molecule has 0 aliphatic carbocycles. The normalized spacial score (nSPS) is 11.2. The second kappa shape index (κ2) is 6.21. The van der Waals surface area contributed by atoms with E-state index in [0.29, 0.717) is 0 Å². The minimum absolute atomic E-state index is 0.126. The Hall–Kier alpha value is -3.29. The largest absolute Gasteiger partial charge is 0.304 e. The molecule has 0 bridgehead atoms. The molecule has 0 unspecified atom stereocenters. The smallest absolute Gasteiger partial charge is 0.163 e. The maximum atomic E-state index is 14.3. The summed E-state index contributed by atoms with van der Waals surface area (Å²) in [5.41, 5.74) is -0.201. The van der Waals surface area contributed by atoms with E-state index in [1.54, 1.807) is 0 Å². The summed E-state index contributed by atoms with van der Waals surface area (Å²) in [7, 11) is 0.